The number of pyridine rings is 1. The van der Waals surface area contributed by atoms with E-state index in [0.29, 0.717) is 17.1 Å². The fourth-order valence-corrected chi connectivity index (χ4v) is 2.73. The van der Waals surface area contributed by atoms with Gasteiger partial charge in [0.1, 0.15) is 0 Å². The Morgan fingerprint density at radius 2 is 1.81 bits per heavy atom. The quantitative estimate of drug-likeness (QED) is 0.432. The lowest BCUT2D eigenvalue weighted by Crippen LogP contribution is -2.33. The van der Waals surface area contributed by atoms with Crippen LogP contribution in [0.15, 0.2) is 78.2 Å². The van der Waals surface area contributed by atoms with Crippen LogP contribution in [0.3, 0.4) is 0 Å². The smallest absolute Gasteiger partial charge is 0.271 e. The molecule has 6 nitrogen and oxygen atoms in total. The molecule has 2 aromatic carbocycles. The van der Waals surface area contributed by atoms with Crippen LogP contribution < -0.4 is 19.5 Å². The van der Waals surface area contributed by atoms with Crippen LogP contribution in [0.25, 0.3) is 0 Å². The molecule has 0 saturated heterocycles. The van der Waals surface area contributed by atoms with Crippen LogP contribution in [0, 0.1) is 0 Å². The summed E-state index contributed by atoms with van der Waals surface area (Å²) in [4.78, 5) is 12.2. The van der Waals surface area contributed by atoms with Gasteiger partial charge in [-0.1, -0.05) is 30.3 Å². The molecular weight excluding hydrogens is 342 g/mol. The summed E-state index contributed by atoms with van der Waals surface area (Å²) in [5, 5.41) is 4.01. The molecule has 3 aromatic rings. The largest absolute Gasteiger partial charge is 0.454 e. The zero-order valence-electron chi connectivity index (χ0n) is 14.5. The van der Waals surface area contributed by atoms with Gasteiger partial charge in [-0.15, -0.1) is 0 Å². The highest BCUT2D eigenvalue weighted by Crippen LogP contribution is 2.31. The molecule has 1 N–H and O–H groups in total. The normalized spacial score (nSPS) is 12.3. The van der Waals surface area contributed by atoms with Crippen molar-refractivity contribution in [3.8, 4) is 11.5 Å². The monoisotopic (exact) mass is 360 g/mol. The highest BCUT2D eigenvalue weighted by Gasteiger charge is 2.12. The van der Waals surface area contributed by atoms with Crippen molar-refractivity contribution in [2.75, 3.05) is 6.79 Å². The minimum Gasteiger partial charge on any atom is -0.454 e. The van der Waals surface area contributed by atoms with E-state index in [9.17, 15) is 4.79 Å². The number of carbonyl (C=O) groups is 1. The van der Waals surface area contributed by atoms with Crippen LogP contribution in [-0.4, -0.2) is 18.9 Å². The van der Waals surface area contributed by atoms with E-state index in [0.717, 1.165) is 12.1 Å². The second-order valence-electron chi connectivity index (χ2n) is 6.06. The van der Waals surface area contributed by atoms with Gasteiger partial charge in [-0.25, -0.2) is 9.99 Å². The molecule has 0 radical (unpaired) electrons. The van der Waals surface area contributed by atoms with Gasteiger partial charge in [0.05, 0.1) is 11.8 Å². The van der Waals surface area contributed by atoms with Crippen molar-refractivity contribution < 1.29 is 18.8 Å². The maximum atomic E-state index is 12.2. The minimum absolute atomic E-state index is 0.227. The maximum Gasteiger partial charge on any atom is 0.271 e. The molecule has 27 heavy (non-hydrogen) atoms. The Balaban J connectivity index is 1.35. The molecule has 0 unspecified atom stereocenters. The van der Waals surface area contributed by atoms with Gasteiger partial charge in [-0.2, -0.15) is 5.10 Å². The number of hydrogen-bond donors (Lipinski definition) is 1. The van der Waals surface area contributed by atoms with Crippen molar-refractivity contribution >= 4 is 12.1 Å². The third-order valence-electron chi connectivity index (χ3n) is 4.14. The van der Waals surface area contributed by atoms with Gasteiger partial charge in [-0.05, 0) is 23.8 Å². The van der Waals surface area contributed by atoms with Crippen LogP contribution in [0.4, 0.5) is 0 Å². The fraction of sp³-hybridized carbons (Fsp3) is 0.0952. The minimum atomic E-state index is -0.265. The second kappa shape index (κ2) is 7.70. The van der Waals surface area contributed by atoms with Crippen LogP contribution in [-0.2, 0) is 6.54 Å². The van der Waals surface area contributed by atoms with Crippen LogP contribution in [0.5, 0.6) is 11.5 Å². The second-order valence-corrected chi connectivity index (χ2v) is 6.06. The number of hydrogen-bond acceptors (Lipinski definition) is 4. The summed E-state index contributed by atoms with van der Waals surface area (Å²) in [6, 6.07) is 19.2. The first kappa shape index (κ1) is 16.8. The summed E-state index contributed by atoms with van der Waals surface area (Å²) in [6.45, 7) is 0.982. The number of benzene rings is 2. The summed E-state index contributed by atoms with van der Waals surface area (Å²) >= 11 is 0. The van der Waals surface area contributed by atoms with Crippen molar-refractivity contribution in [1.82, 2.24) is 5.43 Å². The molecule has 2 heterocycles. The van der Waals surface area contributed by atoms with E-state index in [4.69, 9.17) is 9.47 Å². The maximum absolute atomic E-state index is 12.2. The standard InChI is InChI=1S/C21H17N3O3/c25-21(23-22-13-17-6-7-19-20(12-17)27-15-26-19)18-8-10-24(11-9-18)14-16-4-2-1-3-5-16/h1-13H,14-15H2/p+1. The molecule has 0 atom stereocenters. The van der Waals surface area contributed by atoms with Gasteiger partial charge in [0, 0.05) is 17.7 Å². The Hall–Kier alpha value is -3.67. The van der Waals surface area contributed by atoms with Crippen LogP contribution in [0.1, 0.15) is 21.5 Å². The van der Waals surface area contributed by atoms with E-state index in [2.05, 4.69) is 22.7 Å². The number of nitrogens with one attached hydrogen (secondary N) is 1. The highest BCUT2D eigenvalue weighted by atomic mass is 16.7. The third-order valence-corrected chi connectivity index (χ3v) is 4.14. The third kappa shape index (κ3) is 4.12. The van der Waals surface area contributed by atoms with Gasteiger partial charge in [0.15, 0.2) is 30.4 Å². The van der Waals surface area contributed by atoms with E-state index in [-0.39, 0.29) is 12.7 Å². The Morgan fingerprint density at radius 1 is 1.04 bits per heavy atom. The Bertz CT molecular complexity index is 970. The average Bonchev–Trinajstić information content (AvgIpc) is 3.17. The molecule has 4 rings (SSSR count). The van der Waals surface area contributed by atoms with Crippen molar-refractivity contribution in [3.63, 3.8) is 0 Å². The van der Waals surface area contributed by atoms with Gasteiger partial charge >= 0.3 is 0 Å². The first-order valence-corrected chi connectivity index (χ1v) is 8.54. The summed E-state index contributed by atoms with van der Waals surface area (Å²) in [7, 11) is 0. The lowest BCUT2D eigenvalue weighted by atomic mass is 10.2. The topological polar surface area (TPSA) is 63.8 Å². The molecular formula is C21H18N3O3+. The van der Waals surface area contributed by atoms with E-state index < -0.39 is 0 Å². The van der Waals surface area contributed by atoms with Crippen molar-refractivity contribution in [3.05, 3.63) is 89.7 Å². The molecule has 6 heteroatoms. The number of carbonyl (C=O) groups excluding carboxylic acids is 1. The molecule has 1 aromatic heterocycles. The zero-order chi connectivity index (χ0) is 18.5. The number of hydrazone groups is 1. The summed E-state index contributed by atoms with van der Waals surface area (Å²) in [5.41, 5.74) is 5.09. The molecule has 1 aliphatic rings. The van der Waals surface area contributed by atoms with Crippen molar-refractivity contribution in [1.29, 1.82) is 0 Å². The molecule has 1 amide bonds. The van der Waals surface area contributed by atoms with Gasteiger partial charge in [-0.3, -0.25) is 4.79 Å². The number of nitrogens with zero attached hydrogens (tertiary/aromatic N) is 2. The summed E-state index contributed by atoms with van der Waals surface area (Å²) in [5.74, 6) is 1.12. The Kier molecular flexibility index (Phi) is 4.78. The van der Waals surface area contributed by atoms with Gasteiger partial charge in [0.2, 0.25) is 6.79 Å². The molecule has 0 saturated carbocycles. The van der Waals surface area contributed by atoms with E-state index >= 15 is 0 Å². The molecule has 134 valence electrons. The van der Waals surface area contributed by atoms with Crippen molar-refractivity contribution in [2.45, 2.75) is 6.54 Å². The van der Waals surface area contributed by atoms with E-state index in [1.165, 1.54) is 5.56 Å². The molecule has 0 spiro atoms. The lowest BCUT2D eigenvalue weighted by molar-refractivity contribution is -0.688. The first-order valence-electron chi connectivity index (χ1n) is 8.54. The van der Waals surface area contributed by atoms with E-state index in [1.54, 1.807) is 18.3 Å². The lowest BCUT2D eigenvalue weighted by Gasteiger charge is -2.01. The van der Waals surface area contributed by atoms with Gasteiger partial charge in [0.25, 0.3) is 5.91 Å². The molecule has 0 fully saturated rings. The number of amides is 1. The Labute approximate surface area is 156 Å². The first-order chi connectivity index (χ1) is 13.3. The predicted octanol–water partition coefficient (Wildman–Crippen LogP) is 2.52. The summed E-state index contributed by atoms with van der Waals surface area (Å²) in [6.07, 6.45) is 5.32. The molecule has 0 aliphatic carbocycles. The number of fused-ring (bicyclic) bond motifs is 1. The average molecular weight is 360 g/mol. The summed E-state index contributed by atoms with van der Waals surface area (Å²) < 4.78 is 12.6. The predicted molar refractivity (Wildman–Crippen MR) is 99.8 cm³/mol. The number of aromatic nitrogens is 1. The van der Waals surface area contributed by atoms with Crippen LogP contribution >= 0.6 is 0 Å². The molecule has 1 aliphatic heterocycles. The van der Waals surface area contributed by atoms with Gasteiger partial charge < -0.3 is 9.47 Å². The molecule has 0 bridgehead atoms. The fourth-order valence-electron chi connectivity index (χ4n) is 2.73. The van der Waals surface area contributed by atoms with Crippen LogP contribution in [0.2, 0.25) is 0 Å². The zero-order valence-corrected chi connectivity index (χ0v) is 14.5. The van der Waals surface area contributed by atoms with Crippen molar-refractivity contribution in [2.24, 2.45) is 5.10 Å². The van der Waals surface area contributed by atoms with E-state index in [1.807, 2.05) is 53.4 Å². The highest BCUT2D eigenvalue weighted by molar-refractivity contribution is 5.94. The SMILES string of the molecule is O=C(N/N=C\c1ccc2c(c1)OCO2)c1cc[n+](Cc2ccccc2)cc1. The number of rotatable bonds is 5. The Morgan fingerprint density at radius 3 is 2.63 bits per heavy atom. The number of ether oxygens (including phenoxy) is 2.